The first-order valence-electron chi connectivity index (χ1n) is 13.7. The summed E-state index contributed by atoms with van der Waals surface area (Å²) in [5.74, 6) is -0.943. The van der Waals surface area contributed by atoms with Gasteiger partial charge in [-0.3, -0.25) is 27.7 Å². The summed E-state index contributed by atoms with van der Waals surface area (Å²) in [5, 5.41) is 26.1. The Bertz CT molecular complexity index is 1590. The van der Waals surface area contributed by atoms with Crippen LogP contribution >= 0.6 is 36.1 Å². The van der Waals surface area contributed by atoms with E-state index in [2.05, 4.69) is 47.0 Å². The predicted molar refractivity (Wildman–Crippen MR) is 163 cm³/mol. The second-order valence-corrected chi connectivity index (χ2v) is 15.5. The van der Waals surface area contributed by atoms with Crippen molar-refractivity contribution in [1.29, 1.82) is 0 Å². The van der Waals surface area contributed by atoms with Crippen molar-refractivity contribution in [1.82, 2.24) is 30.2 Å². The van der Waals surface area contributed by atoms with Crippen molar-refractivity contribution in [3.05, 3.63) is 12.7 Å². The van der Waals surface area contributed by atoms with Gasteiger partial charge in [-0.25, -0.2) is 28.6 Å². The van der Waals surface area contributed by atoms with Crippen LogP contribution in [0.5, 0.6) is 0 Å². The Labute approximate surface area is 277 Å². The van der Waals surface area contributed by atoms with Crippen molar-refractivity contribution in [3.8, 4) is 0 Å². The van der Waals surface area contributed by atoms with Crippen LogP contribution in [0, 0.1) is 5.41 Å². The number of anilines is 1. The van der Waals surface area contributed by atoms with Crippen LogP contribution in [0.1, 0.15) is 26.5 Å². The standard InChI is InChI=1S/C21H36N7O16P3S/c1-21(2,16(31)19(32)24-4-3-12(29)23-5-6-48)8-41-47(38,39)44-46(36,37)40-7-11-15(43-45(33,34)35)14(30)20(42-11)28-10-27-13-17(22)25-9-26-18(13)28/h9-11,14-16,20,30-31,48H,3-8H2,1-2H3,(H,23,29)(H,24,32)(H,36,37)(H,38,39)(H2,22,25,26)(H2,33,34,35)/t11-,14+,15+,16+,20-/m1/s1. The summed E-state index contributed by atoms with van der Waals surface area (Å²) >= 11 is 3.95. The van der Waals surface area contributed by atoms with Gasteiger partial charge < -0.3 is 50.9 Å². The molecule has 48 heavy (non-hydrogen) atoms. The van der Waals surface area contributed by atoms with Gasteiger partial charge in [0.15, 0.2) is 17.7 Å². The molecule has 1 saturated heterocycles. The zero-order chi connectivity index (χ0) is 36.1. The smallest absolute Gasteiger partial charge is 0.386 e. The number of nitrogens with one attached hydrogen (secondary N) is 2. The number of phosphoric acid groups is 3. The fourth-order valence-electron chi connectivity index (χ4n) is 4.14. The molecule has 0 saturated carbocycles. The van der Waals surface area contributed by atoms with E-state index in [1.807, 2.05) is 0 Å². The number of hydrogen-bond acceptors (Lipinski definition) is 17. The van der Waals surface area contributed by atoms with Crippen molar-refractivity contribution >= 4 is 64.9 Å². The lowest BCUT2D eigenvalue weighted by Crippen LogP contribution is -2.46. The van der Waals surface area contributed by atoms with E-state index in [1.165, 1.54) is 13.8 Å². The molecule has 0 radical (unpaired) electrons. The zero-order valence-corrected chi connectivity index (χ0v) is 28.8. The third-order valence-corrected chi connectivity index (χ3v) is 9.83. The summed E-state index contributed by atoms with van der Waals surface area (Å²) in [6, 6.07) is 0. The molecule has 272 valence electrons. The molecule has 3 heterocycles. The van der Waals surface area contributed by atoms with Gasteiger partial charge in [0.05, 0.1) is 19.5 Å². The molecule has 0 spiro atoms. The van der Waals surface area contributed by atoms with Crippen molar-refractivity contribution in [2.45, 2.75) is 50.9 Å². The fraction of sp³-hybridized carbons (Fsp3) is 0.667. The number of phosphoric ester groups is 3. The zero-order valence-electron chi connectivity index (χ0n) is 25.2. The van der Waals surface area contributed by atoms with Crippen LogP contribution in [0.15, 0.2) is 12.7 Å². The summed E-state index contributed by atoms with van der Waals surface area (Å²) in [6.45, 7) is 0.723. The number of nitrogens with two attached hydrogens (primary N) is 1. The van der Waals surface area contributed by atoms with Gasteiger partial charge in [-0.05, 0) is 0 Å². The summed E-state index contributed by atoms with van der Waals surface area (Å²) in [5.41, 5.74) is 4.30. The van der Waals surface area contributed by atoms with Gasteiger partial charge in [-0.1, -0.05) is 13.8 Å². The van der Waals surface area contributed by atoms with Crippen LogP contribution in [0.3, 0.4) is 0 Å². The Hall–Kier alpha value is -2.11. The number of nitrogen functional groups attached to an aromatic ring is 1. The number of carbonyl (C=O) groups excluding carboxylic acids is 2. The molecule has 27 heteroatoms. The molecule has 2 amide bonds. The minimum Gasteiger partial charge on any atom is -0.386 e. The van der Waals surface area contributed by atoms with E-state index in [9.17, 15) is 53.1 Å². The maximum Gasteiger partial charge on any atom is 0.481 e. The Kier molecular flexibility index (Phi) is 13.7. The second kappa shape index (κ2) is 16.3. The maximum absolute atomic E-state index is 12.6. The fourth-order valence-corrected chi connectivity index (χ4v) is 7.08. The predicted octanol–water partition coefficient (Wildman–Crippen LogP) is -1.67. The van der Waals surface area contributed by atoms with Gasteiger partial charge in [0, 0.05) is 30.7 Å². The van der Waals surface area contributed by atoms with Crippen molar-refractivity contribution in [2.75, 3.05) is 37.8 Å². The number of amides is 2. The van der Waals surface area contributed by atoms with Gasteiger partial charge in [-0.2, -0.15) is 16.9 Å². The highest BCUT2D eigenvalue weighted by Gasteiger charge is 2.50. The van der Waals surface area contributed by atoms with Crippen LogP contribution in [0.4, 0.5) is 5.82 Å². The van der Waals surface area contributed by atoms with Crippen molar-refractivity contribution < 1.29 is 75.7 Å². The van der Waals surface area contributed by atoms with E-state index < -0.39 is 78.6 Å². The number of rotatable bonds is 18. The van der Waals surface area contributed by atoms with Gasteiger partial charge in [-0.15, -0.1) is 0 Å². The molecule has 1 fully saturated rings. The van der Waals surface area contributed by atoms with Gasteiger partial charge >= 0.3 is 23.5 Å². The van der Waals surface area contributed by atoms with E-state index in [0.29, 0.717) is 12.3 Å². The molecule has 2 unspecified atom stereocenters. The molecule has 2 aromatic rings. The van der Waals surface area contributed by atoms with E-state index >= 15 is 0 Å². The number of imidazole rings is 1. The SMILES string of the molecule is CC(C)(COP(=O)(O)OP(=O)(O)OC[C@H]1O[C@@H](n2cnc3c(N)ncnc32)[C@@H](O)[C@H]1OP(=O)(O)O)[C@@H](O)C(=O)NCCC(=O)NCCS. The normalized spacial score (nSPS) is 23.4. The summed E-state index contributed by atoms with van der Waals surface area (Å²) in [6.07, 6.45) is -6.74. The summed E-state index contributed by atoms with van der Waals surface area (Å²) in [4.78, 5) is 74.6. The molecule has 0 aliphatic carbocycles. The van der Waals surface area contributed by atoms with E-state index in [-0.39, 0.29) is 35.9 Å². The van der Waals surface area contributed by atoms with Crippen molar-refractivity contribution in [2.24, 2.45) is 5.41 Å². The average molecular weight is 768 g/mol. The van der Waals surface area contributed by atoms with E-state index in [0.717, 1.165) is 17.2 Å². The van der Waals surface area contributed by atoms with Gasteiger partial charge in [0.1, 0.15) is 36.3 Å². The molecular formula is C21H36N7O16P3S. The Balaban J connectivity index is 1.61. The Morgan fingerprint density at radius 1 is 1.10 bits per heavy atom. The van der Waals surface area contributed by atoms with Gasteiger partial charge in [0.2, 0.25) is 11.8 Å². The number of ether oxygens (including phenoxy) is 1. The molecule has 0 aromatic carbocycles. The first-order chi connectivity index (χ1) is 22.2. The number of thiol groups is 1. The van der Waals surface area contributed by atoms with Crippen LogP contribution < -0.4 is 16.4 Å². The Morgan fingerprint density at radius 2 is 1.77 bits per heavy atom. The highest BCUT2D eigenvalue weighted by atomic mass is 32.1. The second-order valence-electron chi connectivity index (χ2n) is 10.8. The molecule has 23 nitrogen and oxygen atoms in total. The third-order valence-electron chi connectivity index (χ3n) is 6.51. The minimum absolute atomic E-state index is 0.0363. The number of aliphatic hydroxyl groups is 2. The minimum atomic E-state index is -5.54. The largest absolute Gasteiger partial charge is 0.481 e. The molecule has 1 aliphatic rings. The van der Waals surface area contributed by atoms with Crippen LogP contribution in [0.2, 0.25) is 0 Å². The monoisotopic (exact) mass is 767 g/mol. The summed E-state index contributed by atoms with van der Waals surface area (Å²) in [7, 11) is -16.3. The lowest BCUT2D eigenvalue weighted by Gasteiger charge is -2.30. The molecule has 3 rings (SSSR count). The highest BCUT2D eigenvalue weighted by Crippen LogP contribution is 2.61. The molecule has 0 bridgehead atoms. The first kappa shape index (κ1) is 40.3. The van der Waals surface area contributed by atoms with Crippen LogP contribution in [-0.2, 0) is 45.9 Å². The third kappa shape index (κ3) is 11.2. The number of aliphatic hydroxyl groups excluding tert-OH is 2. The quantitative estimate of drug-likeness (QED) is 0.0599. The first-order valence-corrected chi connectivity index (χ1v) is 18.8. The topological polar surface area (TPSA) is 347 Å². The van der Waals surface area contributed by atoms with Crippen molar-refractivity contribution in [3.63, 3.8) is 0 Å². The molecule has 7 atom stereocenters. The van der Waals surface area contributed by atoms with Gasteiger partial charge in [0.25, 0.3) is 0 Å². The molecule has 1 aliphatic heterocycles. The number of fused-ring (bicyclic) bond motifs is 1. The number of carbonyl (C=O) groups is 2. The number of aromatic nitrogens is 4. The highest BCUT2D eigenvalue weighted by molar-refractivity contribution is 7.80. The average Bonchev–Trinajstić information content (AvgIpc) is 3.54. The van der Waals surface area contributed by atoms with E-state index in [1.54, 1.807) is 0 Å². The van der Waals surface area contributed by atoms with Crippen LogP contribution in [-0.4, -0.2) is 118 Å². The number of hydrogen-bond donors (Lipinski definition) is 10. The van der Waals surface area contributed by atoms with Crippen LogP contribution in [0.25, 0.3) is 11.2 Å². The lowest BCUT2D eigenvalue weighted by atomic mass is 9.87. The Morgan fingerprint density at radius 3 is 2.42 bits per heavy atom. The van der Waals surface area contributed by atoms with E-state index in [4.69, 9.17) is 19.5 Å². The maximum atomic E-state index is 12.6. The lowest BCUT2D eigenvalue weighted by molar-refractivity contribution is -0.137. The molecular weight excluding hydrogens is 731 g/mol. The summed E-state index contributed by atoms with van der Waals surface area (Å²) < 4.78 is 61.7. The molecule has 2 aromatic heterocycles. The molecule has 10 N–H and O–H groups in total. The number of nitrogens with zero attached hydrogens (tertiary/aromatic N) is 4.